The first-order valence-corrected chi connectivity index (χ1v) is 15.2. The summed E-state index contributed by atoms with van der Waals surface area (Å²) in [5.74, 6) is -0.788. The normalized spacial score (nSPS) is 14.8. The minimum Gasteiger partial charge on any atom is -0.352 e. The average molecular weight is 546 g/mol. The van der Waals surface area contributed by atoms with E-state index in [-0.39, 0.29) is 43.2 Å². The van der Waals surface area contributed by atoms with Gasteiger partial charge >= 0.3 is 0 Å². The van der Waals surface area contributed by atoms with Gasteiger partial charge in [-0.3, -0.25) is 13.9 Å². The first kappa shape index (κ1) is 29.6. The lowest BCUT2D eigenvalue weighted by atomic mass is 10.1. The lowest BCUT2D eigenvalue weighted by molar-refractivity contribution is -0.141. The van der Waals surface area contributed by atoms with Gasteiger partial charge in [-0.2, -0.15) is 0 Å². The molecule has 3 rings (SSSR count). The zero-order chi connectivity index (χ0) is 27.9. The summed E-state index contributed by atoms with van der Waals surface area (Å²) in [6.07, 6.45) is 6.00. The summed E-state index contributed by atoms with van der Waals surface area (Å²) in [5.41, 5.74) is 3.20. The first-order chi connectivity index (χ1) is 18.0. The Morgan fingerprint density at radius 1 is 1.05 bits per heavy atom. The van der Waals surface area contributed by atoms with Crippen molar-refractivity contribution in [2.75, 3.05) is 17.1 Å². The Balaban J connectivity index is 1.76. The molecule has 0 heterocycles. The molecule has 1 aliphatic rings. The van der Waals surface area contributed by atoms with Crippen LogP contribution in [0.1, 0.15) is 68.6 Å². The Morgan fingerprint density at radius 3 is 2.21 bits per heavy atom. The van der Waals surface area contributed by atoms with E-state index in [0.29, 0.717) is 18.5 Å². The van der Waals surface area contributed by atoms with Crippen LogP contribution in [0.2, 0.25) is 0 Å². The van der Waals surface area contributed by atoms with E-state index >= 15 is 0 Å². The SMILES string of the molecule is CC[C@@H](C(=O)NC1CCCC1)N(Cc1ccc(F)cc1)C(=O)CCCN(c1cc(C)cc(C)c1)S(C)(=O)=O. The van der Waals surface area contributed by atoms with E-state index in [1.165, 1.54) is 16.4 Å². The van der Waals surface area contributed by atoms with Gasteiger partial charge in [-0.05, 0) is 80.5 Å². The number of hydrogen-bond donors (Lipinski definition) is 1. The highest BCUT2D eigenvalue weighted by molar-refractivity contribution is 7.92. The molecular formula is C29H40FN3O4S. The summed E-state index contributed by atoms with van der Waals surface area (Å²) >= 11 is 0. The molecular weight excluding hydrogens is 505 g/mol. The van der Waals surface area contributed by atoms with Crippen molar-refractivity contribution < 1.29 is 22.4 Å². The third kappa shape index (κ3) is 8.28. The molecule has 2 aromatic carbocycles. The standard InChI is InChI=1S/C29H40FN3O4S/c1-5-27(29(35)31-25-9-6-7-10-25)32(20-23-12-14-24(30)15-13-23)28(34)11-8-16-33(38(4,36)37)26-18-21(2)17-22(3)19-26/h12-15,17-19,25,27H,5-11,16,20H2,1-4H3,(H,31,35)/t27-/m0/s1. The van der Waals surface area contributed by atoms with Gasteiger partial charge in [0.05, 0.1) is 11.9 Å². The minimum absolute atomic E-state index is 0.0746. The van der Waals surface area contributed by atoms with Crippen LogP contribution in [-0.2, 0) is 26.2 Å². The van der Waals surface area contributed by atoms with Crippen LogP contribution in [0.5, 0.6) is 0 Å². The van der Waals surface area contributed by atoms with Crippen LogP contribution in [0.15, 0.2) is 42.5 Å². The molecule has 1 fully saturated rings. The number of aryl methyl sites for hydroxylation is 2. The van der Waals surface area contributed by atoms with Gasteiger partial charge in [-0.1, -0.05) is 38.0 Å². The van der Waals surface area contributed by atoms with Crippen molar-refractivity contribution in [3.8, 4) is 0 Å². The van der Waals surface area contributed by atoms with Crippen molar-refractivity contribution in [1.82, 2.24) is 10.2 Å². The molecule has 38 heavy (non-hydrogen) atoms. The minimum atomic E-state index is -3.56. The van der Waals surface area contributed by atoms with E-state index in [2.05, 4.69) is 5.32 Å². The molecule has 9 heteroatoms. The second-order valence-corrected chi connectivity index (χ2v) is 12.3. The van der Waals surface area contributed by atoms with E-state index in [0.717, 1.165) is 48.6 Å². The predicted octanol–water partition coefficient (Wildman–Crippen LogP) is 4.85. The molecule has 1 N–H and O–H groups in total. The molecule has 2 amide bonds. The number of benzene rings is 2. The summed E-state index contributed by atoms with van der Waals surface area (Å²) in [6, 6.07) is 11.0. The van der Waals surface area contributed by atoms with Crippen molar-refractivity contribution in [1.29, 1.82) is 0 Å². The van der Waals surface area contributed by atoms with E-state index in [4.69, 9.17) is 0 Å². The van der Waals surface area contributed by atoms with E-state index < -0.39 is 16.1 Å². The fourth-order valence-electron chi connectivity index (χ4n) is 5.17. The number of carbonyl (C=O) groups is 2. The Labute approximate surface area is 226 Å². The monoisotopic (exact) mass is 545 g/mol. The Morgan fingerprint density at radius 2 is 1.66 bits per heavy atom. The van der Waals surface area contributed by atoms with Crippen molar-refractivity contribution >= 4 is 27.5 Å². The summed E-state index contributed by atoms with van der Waals surface area (Å²) in [7, 11) is -3.56. The largest absolute Gasteiger partial charge is 0.352 e. The Bertz CT molecular complexity index is 1190. The van der Waals surface area contributed by atoms with Crippen LogP contribution in [-0.4, -0.2) is 50.0 Å². The molecule has 1 saturated carbocycles. The quantitative estimate of drug-likeness (QED) is 0.413. The van der Waals surface area contributed by atoms with Gasteiger partial charge < -0.3 is 10.2 Å². The predicted molar refractivity (Wildman–Crippen MR) is 149 cm³/mol. The van der Waals surface area contributed by atoms with Crippen molar-refractivity contribution in [2.24, 2.45) is 0 Å². The highest BCUT2D eigenvalue weighted by Gasteiger charge is 2.30. The lowest BCUT2D eigenvalue weighted by Crippen LogP contribution is -2.51. The average Bonchev–Trinajstić information content (AvgIpc) is 3.34. The molecule has 208 valence electrons. The van der Waals surface area contributed by atoms with Crippen LogP contribution in [0, 0.1) is 19.7 Å². The summed E-state index contributed by atoms with van der Waals surface area (Å²) in [5, 5.41) is 3.11. The van der Waals surface area contributed by atoms with Gasteiger partial charge in [0.1, 0.15) is 11.9 Å². The van der Waals surface area contributed by atoms with Crippen LogP contribution in [0.3, 0.4) is 0 Å². The van der Waals surface area contributed by atoms with E-state index in [1.54, 1.807) is 17.0 Å². The molecule has 0 saturated heterocycles. The Kier molecular flexibility index (Phi) is 10.3. The van der Waals surface area contributed by atoms with E-state index in [1.807, 2.05) is 39.0 Å². The summed E-state index contributed by atoms with van der Waals surface area (Å²) < 4.78 is 40.0. The number of carbonyl (C=O) groups excluding carboxylic acids is 2. The third-order valence-electron chi connectivity index (χ3n) is 7.00. The maximum absolute atomic E-state index is 13.5. The van der Waals surface area contributed by atoms with Crippen molar-refractivity contribution in [3.63, 3.8) is 0 Å². The molecule has 0 radical (unpaired) electrons. The molecule has 0 spiro atoms. The number of anilines is 1. The zero-order valence-corrected chi connectivity index (χ0v) is 23.7. The van der Waals surface area contributed by atoms with Gasteiger partial charge in [0.15, 0.2) is 0 Å². The van der Waals surface area contributed by atoms with Gasteiger partial charge in [-0.25, -0.2) is 12.8 Å². The second kappa shape index (κ2) is 13.2. The van der Waals surface area contributed by atoms with Crippen molar-refractivity contribution in [2.45, 2.75) is 84.3 Å². The number of nitrogens with one attached hydrogen (secondary N) is 1. The van der Waals surface area contributed by atoms with Gasteiger partial charge in [0.25, 0.3) is 0 Å². The van der Waals surface area contributed by atoms with E-state index in [9.17, 15) is 22.4 Å². The molecule has 7 nitrogen and oxygen atoms in total. The molecule has 0 aliphatic heterocycles. The third-order valence-corrected chi connectivity index (χ3v) is 8.19. The van der Waals surface area contributed by atoms with Crippen molar-refractivity contribution in [3.05, 3.63) is 65.0 Å². The smallest absolute Gasteiger partial charge is 0.243 e. The maximum Gasteiger partial charge on any atom is 0.243 e. The molecule has 0 aromatic heterocycles. The first-order valence-electron chi connectivity index (χ1n) is 13.4. The van der Waals surface area contributed by atoms with Crippen LogP contribution in [0.4, 0.5) is 10.1 Å². The van der Waals surface area contributed by atoms with Crippen LogP contribution in [0.25, 0.3) is 0 Å². The molecule has 0 bridgehead atoms. The van der Waals surface area contributed by atoms with Gasteiger partial charge in [-0.15, -0.1) is 0 Å². The number of sulfonamides is 1. The number of nitrogens with zero attached hydrogens (tertiary/aromatic N) is 2. The summed E-state index contributed by atoms with van der Waals surface area (Å²) in [6.45, 7) is 6.01. The van der Waals surface area contributed by atoms with Gasteiger partial charge in [0.2, 0.25) is 21.8 Å². The summed E-state index contributed by atoms with van der Waals surface area (Å²) in [4.78, 5) is 28.3. The molecule has 1 atom stereocenters. The maximum atomic E-state index is 13.5. The molecule has 2 aromatic rings. The number of amides is 2. The van der Waals surface area contributed by atoms with Crippen LogP contribution < -0.4 is 9.62 Å². The number of rotatable bonds is 12. The highest BCUT2D eigenvalue weighted by Crippen LogP contribution is 2.23. The number of hydrogen-bond acceptors (Lipinski definition) is 4. The lowest BCUT2D eigenvalue weighted by Gasteiger charge is -2.32. The highest BCUT2D eigenvalue weighted by atomic mass is 32.2. The molecule has 0 unspecified atom stereocenters. The Hall–Kier alpha value is -2.94. The second-order valence-electron chi connectivity index (χ2n) is 10.3. The topological polar surface area (TPSA) is 86.8 Å². The van der Waals surface area contributed by atoms with Crippen LogP contribution >= 0.6 is 0 Å². The number of halogens is 1. The van der Waals surface area contributed by atoms with Gasteiger partial charge in [0, 0.05) is 25.6 Å². The fraction of sp³-hybridized carbons (Fsp3) is 0.517. The fourth-order valence-corrected chi connectivity index (χ4v) is 6.12. The molecule has 1 aliphatic carbocycles. The zero-order valence-electron chi connectivity index (χ0n) is 22.9.